The molecule has 0 unspecified atom stereocenters. The van der Waals surface area contributed by atoms with Gasteiger partial charge in [0.1, 0.15) is 18.1 Å². The zero-order valence-corrected chi connectivity index (χ0v) is 19.8. The van der Waals surface area contributed by atoms with Crippen LogP contribution in [0.3, 0.4) is 0 Å². The minimum atomic E-state index is -4.75. The van der Waals surface area contributed by atoms with Crippen molar-refractivity contribution in [2.75, 3.05) is 26.2 Å². The van der Waals surface area contributed by atoms with Gasteiger partial charge >= 0.3 is 12.1 Å². The molecule has 1 aliphatic heterocycles. The van der Waals surface area contributed by atoms with E-state index in [4.69, 9.17) is 25.9 Å². The molecule has 1 fully saturated rings. The highest BCUT2D eigenvalue weighted by molar-refractivity contribution is 9.10. The Morgan fingerprint density at radius 2 is 2.03 bits per heavy atom. The highest BCUT2D eigenvalue weighted by Crippen LogP contribution is 2.39. The summed E-state index contributed by atoms with van der Waals surface area (Å²) in [6.45, 7) is 1.79. The van der Waals surface area contributed by atoms with Gasteiger partial charge in [-0.05, 0) is 43.3 Å². The number of hydrogen-bond donors (Lipinski definition) is 1. The van der Waals surface area contributed by atoms with Gasteiger partial charge in [-0.15, -0.1) is 0 Å². The average molecular weight is 561 g/mol. The second-order valence-electron chi connectivity index (χ2n) is 7.89. The zero-order valence-electron chi connectivity index (χ0n) is 17.5. The molecule has 4 rings (SSSR count). The van der Waals surface area contributed by atoms with Crippen molar-refractivity contribution in [3.63, 3.8) is 0 Å². The fourth-order valence-electron chi connectivity index (χ4n) is 3.94. The first-order valence-corrected chi connectivity index (χ1v) is 11.4. The predicted octanol–water partition coefficient (Wildman–Crippen LogP) is 5.68. The van der Waals surface area contributed by atoms with Gasteiger partial charge in [-0.1, -0.05) is 27.5 Å². The zero-order chi connectivity index (χ0) is 24.6. The van der Waals surface area contributed by atoms with Gasteiger partial charge in [-0.2, -0.15) is 13.2 Å². The van der Waals surface area contributed by atoms with Crippen LogP contribution in [0.5, 0.6) is 5.75 Å². The number of rotatable bonds is 6. The molecule has 1 aliphatic rings. The van der Waals surface area contributed by atoms with Gasteiger partial charge in [0.05, 0.1) is 27.5 Å². The van der Waals surface area contributed by atoms with E-state index in [9.17, 15) is 22.8 Å². The van der Waals surface area contributed by atoms with E-state index in [1.807, 2.05) is 4.90 Å². The Morgan fingerprint density at radius 3 is 2.71 bits per heavy atom. The Morgan fingerprint density at radius 1 is 1.26 bits per heavy atom. The van der Waals surface area contributed by atoms with E-state index in [1.165, 1.54) is 0 Å². The van der Waals surface area contributed by atoms with Crippen LogP contribution in [0.15, 0.2) is 50.1 Å². The average Bonchev–Trinajstić information content (AvgIpc) is 3.23. The van der Waals surface area contributed by atoms with Crippen molar-refractivity contribution in [2.45, 2.75) is 12.6 Å². The molecular formula is C23H18BrClF3NO5. The van der Waals surface area contributed by atoms with Crippen molar-refractivity contribution in [2.24, 2.45) is 5.92 Å². The van der Waals surface area contributed by atoms with Crippen molar-refractivity contribution in [1.29, 1.82) is 0 Å². The second kappa shape index (κ2) is 9.59. The van der Waals surface area contributed by atoms with E-state index in [1.54, 1.807) is 18.2 Å². The molecule has 0 aliphatic carbocycles. The van der Waals surface area contributed by atoms with Gasteiger partial charge in [-0.3, -0.25) is 14.5 Å². The van der Waals surface area contributed by atoms with Crippen molar-refractivity contribution in [3.05, 3.63) is 61.7 Å². The van der Waals surface area contributed by atoms with E-state index in [0.29, 0.717) is 41.8 Å². The van der Waals surface area contributed by atoms with Crippen LogP contribution < -0.4 is 10.2 Å². The number of carbonyl (C=O) groups is 1. The lowest BCUT2D eigenvalue weighted by Crippen LogP contribution is -2.27. The molecule has 0 saturated carbocycles. The summed E-state index contributed by atoms with van der Waals surface area (Å²) in [5.41, 5.74) is -1.99. The number of halogens is 5. The van der Waals surface area contributed by atoms with Crippen LogP contribution in [0, 0.1) is 5.92 Å². The van der Waals surface area contributed by atoms with Crippen molar-refractivity contribution >= 4 is 44.5 Å². The first-order valence-electron chi connectivity index (χ1n) is 10.3. The summed E-state index contributed by atoms with van der Waals surface area (Å²) in [5, 5.41) is 8.38. The predicted molar refractivity (Wildman–Crippen MR) is 123 cm³/mol. The molecule has 0 spiro atoms. The molecule has 0 amide bonds. The molecule has 1 aromatic heterocycles. The molecule has 2 aromatic carbocycles. The molecule has 0 radical (unpaired) electrons. The quantitative estimate of drug-likeness (QED) is 0.418. The maximum Gasteiger partial charge on any atom is 0.417 e. The van der Waals surface area contributed by atoms with Crippen molar-refractivity contribution in [1.82, 2.24) is 4.90 Å². The highest BCUT2D eigenvalue weighted by Gasteiger charge is 2.35. The molecule has 11 heteroatoms. The van der Waals surface area contributed by atoms with E-state index in [2.05, 4.69) is 15.9 Å². The molecule has 6 nitrogen and oxygen atoms in total. The highest BCUT2D eigenvalue weighted by atomic mass is 79.9. The third-order valence-corrected chi connectivity index (χ3v) is 6.42. The number of carboxylic acid groups (broad SMARTS) is 1. The summed E-state index contributed by atoms with van der Waals surface area (Å²) in [5.74, 6) is -0.877. The SMILES string of the molecule is O=C(O)[C@H]1CCN(CCOc2cc(Br)ccc2-c2cc(=O)c3c(C(F)(F)F)ccc(Cl)c3o2)C1. The fraction of sp³-hybridized carbons (Fsp3) is 0.304. The molecule has 1 atom stereocenters. The number of alkyl halides is 3. The third kappa shape index (κ3) is 5.08. The van der Waals surface area contributed by atoms with Crippen LogP contribution in [-0.2, 0) is 11.0 Å². The fourth-order valence-corrected chi connectivity index (χ4v) is 4.48. The molecule has 0 bridgehead atoms. The van der Waals surface area contributed by atoms with Gasteiger partial charge in [0.2, 0.25) is 0 Å². The molecule has 3 aromatic rings. The lowest BCUT2D eigenvalue weighted by Gasteiger charge is -2.17. The third-order valence-electron chi connectivity index (χ3n) is 5.63. The lowest BCUT2D eigenvalue weighted by atomic mass is 10.1. The first-order chi connectivity index (χ1) is 16.0. The summed E-state index contributed by atoms with van der Waals surface area (Å²) in [4.78, 5) is 25.8. The Labute approximate surface area is 205 Å². The summed E-state index contributed by atoms with van der Waals surface area (Å²) in [6.07, 6.45) is -4.18. The molecule has 2 heterocycles. The number of aliphatic carboxylic acids is 1. The van der Waals surface area contributed by atoms with Crippen LogP contribution in [-0.4, -0.2) is 42.2 Å². The van der Waals surface area contributed by atoms with Crippen LogP contribution in [0.4, 0.5) is 13.2 Å². The number of ether oxygens (including phenoxy) is 1. The van der Waals surface area contributed by atoms with Crippen molar-refractivity contribution < 1.29 is 32.2 Å². The smallest absolute Gasteiger partial charge is 0.417 e. The van der Waals surface area contributed by atoms with E-state index >= 15 is 0 Å². The monoisotopic (exact) mass is 559 g/mol. The Balaban J connectivity index is 1.65. The van der Waals surface area contributed by atoms with Gasteiger partial charge in [-0.25, -0.2) is 0 Å². The number of hydrogen-bond acceptors (Lipinski definition) is 5. The minimum absolute atomic E-state index is 0.00772. The van der Waals surface area contributed by atoms with Gasteiger partial charge in [0.25, 0.3) is 0 Å². The maximum atomic E-state index is 13.4. The van der Waals surface area contributed by atoms with E-state index in [-0.39, 0.29) is 23.0 Å². The lowest BCUT2D eigenvalue weighted by molar-refractivity contribution is -0.141. The van der Waals surface area contributed by atoms with Crippen LogP contribution >= 0.6 is 27.5 Å². The summed E-state index contributed by atoms with van der Waals surface area (Å²) in [6, 6.07) is 7.72. The van der Waals surface area contributed by atoms with Gasteiger partial charge < -0.3 is 14.3 Å². The standard InChI is InChI=1S/C23H18BrClF3NO5/c24-13-1-2-14(18(9-13)33-8-7-29-6-5-12(11-29)22(31)32)19-10-17(30)20-15(23(26,27)28)3-4-16(25)21(20)34-19/h1-4,9-10,12H,5-8,11H2,(H,31,32)/t12-/m0/s1. The molecule has 180 valence electrons. The Hall–Kier alpha value is -2.56. The summed E-state index contributed by atoms with van der Waals surface area (Å²) < 4.78 is 52.5. The van der Waals surface area contributed by atoms with E-state index in [0.717, 1.165) is 18.2 Å². The molecular weight excluding hydrogens is 543 g/mol. The second-order valence-corrected chi connectivity index (χ2v) is 9.21. The molecule has 34 heavy (non-hydrogen) atoms. The molecule has 1 saturated heterocycles. The van der Waals surface area contributed by atoms with Gasteiger partial charge in [0, 0.05) is 23.6 Å². The number of likely N-dealkylation sites (tertiary alicyclic amines) is 1. The first kappa shape index (κ1) is 24.6. The molecule has 1 N–H and O–H groups in total. The van der Waals surface area contributed by atoms with Crippen molar-refractivity contribution in [3.8, 4) is 17.1 Å². The van der Waals surface area contributed by atoms with Crippen LogP contribution in [0.25, 0.3) is 22.3 Å². The Bertz CT molecular complexity index is 1310. The van der Waals surface area contributed by atoms with Crippen LogP contribution in [0.2, 0.25) is 5.02 Å². The summed E-state index contributed by atoms with van der Waals surface area (Å²) in [7, 11) is 0. The van der Waals surface area contributed by atoms with Gasteiger partial charge in [0.15, 0.2) is 11.0 Å². The number of carboxylic acids is 1. The Kier molecular flexibility index (Phi) is 6.93. The summed E-state index contributed by atoms with van der Waals surface area (Å²) >= 11 is 9.43. The number of fused-ring (bicyclic) bond motifs is 1. The topological polar surface area (TPSA) is 80.0 Å². The maximum absolute atomic E-state index is 13.4. The normalized spacial score (nSPS) is 16.8. The number of nitrogens with zero attached hydrogens (tertiary/aromatic N) is 1. The largest absolute Gasteiger partial charge is 0.491 e. The minimum Gasteiger partial charge on any atom is -0.491 e. The van der Waals surface area contributed by atoms with E-state index < -0.39 is 34.4 Å². The van der Waals surface area contributed by atoms with Crippen LogP contribution in [0.1, 0.15) is 12.0 Å². The number of benzene rings is 2.